The zero-order valence-corrected chi connectivity index (χ0v) is 5.10. The Morgan fingerprint density at radius 1 is 1.36 bits per heavy atom. The van der Waals surface area contributed by atoms with E-state index in [1.807, 2.05) is 0 Å². The molecule has 0 aliphatic heterocycles. The summed E-state index contributed by atoms with van der Waals surface area (Å²) in [4.78, 5) is 19.9. The maximum Gasteiger partial charge on any atom is 0.471 e. The van der Waals surface area contributed by atoms with Crippen molar-refractivity contribution < 1.29 is 27.9 Å². The number of imide groups is 1. The first-order valence-corrected chi connectivity index (χ1v) is 2.39. The van der Waals surface area contributed by atoms with E-state index in [0.717, 1.165) is 5.32 Å². The number of carbonyl (C=O) groups is 2. The quantitative estimate of drug-likeness (QED) is 0.541. The van der Waals surface area contributed by atoms with Crippen molar-refractivity contribution in [3.8, 4) is 0 Å². The highest BCUT2D eigenvalue weighted by molar-refractivity contribution is 5.98. The molecule has 0 bridgehead atoms. The first-order chi connectivity index (χ1) is 4.88. The molecular weight excluding hydrogens is 167 g/mol. The van der Waals surface area contributed by atoms with Crippen LogP contribution in [0.15, 0.2) is 0 Å². The van der Waals surface area contributed by atoms with Crippen LogP contribution in [0.2, 0.25) is 0 Å². The average Bonchev–Trinajstić information content (AvgIpc) is 1.85. The summed E-state index contributed by atoms with van der Waals surface area (Å²) >= 11 is 0. The Morgan fingerprint density at radius 3 is 2.09 bits per heavy atom. The number of amides is 2. The Kier molecular flexibility index (Phi) is 2.99. The van der Waals surface area contributed by atoms with Crippen molar-refractivity contribution in [3.63, 3.8) is 0 Å². The summed E-state index contributed by atoms with van der Waals surface area (Å²) in [6.45, 7) is -1.15. The number of hydrogen-bond donors (Lipinski definition) is 2. The normalized spacial score (nSPS) is 10.9. The lowest BCUT2D eigenvalue weighted by atomic mass is 10.5. The van der Waals surface area contributed by atoms with Gasteiger partial charge in [0.05, 0.1) is 0 Å². The predicted molar refractivity (Wildman–Crippen MR) is 26.3 cm³/mol. The number of rotatable bonds is 1. The SMILES string of the molecule is O=C(CO)NC(=O)C(F)(F)F. The van der Waals surface area contributed by atoms with E-state index in [1.165, 1.54) is 0 Å². The van der Waals surface area contributed by atoms with Crippen molar-refractivity contribution in [2.75, 3.05) is 6.61 Å². The molecule has 7 heteroatoms. The summed E-state index contributed by atoms with van der Waals surface area (Å²) in [5.41, 5.74) is 0. The van der Waals surface area contributed by atoms with Gasteiger partial charge >= 0.3 is 12.1 Å². The Morgan fingerprint density at radius 2 is 1.82 bits per heavy atom. The Balaban J connectivity index is 3.99. The molecule has 0 atom stereocenters. The van der Waals surface area contributed by atoms with Gasteiger partial charge in [0.2, 0.25) is 0 Å². The summed E-state index contributed by atoms with van der Waals surface area (Å²) in [5.74, 6) is -3.76. The third kappa shape index (κ3) is 3.56. The maximum absolute atomic E-state index is 11.3. The lowest BCUT2D eigenvalue weighted by Gasteiger charge is -2.04. The lowest BCUT2D eigenvalue weighted by Crippen LogP contribution is -2.41. The van der Waals surface area contributed by atoms with Gasteiger partial charge in [0.1, 0.15) is 6.61 Å². The molecule has 2 amide bonds. The van der Waals surface area contributed by atoms with Crippen LogP contribution in [0.25, 0.3) is 0 Å². The molecule has 0 aliphatic carbocycles. The number of halogens is 3. The molecule has 11 heavy (non-hydrogen) atoms. The van der Waals surface area contributed by atoms with Crippen LogP contribution < -0.4 is 5.32 Å². The number of aliphatic hydroxyl groups excluding tert-OH is 1. The predicted octanol–water partition coefficient (Wildman–Crippen LogP) is -0.816. The van der Waals surface area contributed by atoms with Gasteiger partial charge in [-0.05, 0) is 0 Å². The molecule has 4 nitrogen and oxygen atoms in total. The topological polar surface area (TPSA) is 66.4 Å². The highest BCUT2D eigenvalue weighted by atomic mass is 19.4. The molecule has 0 aromatic carbocycles. The highest BCUT2D eigenvalue weighted by Gasteiger charge is 2.39. The van der Waals surface area contributed by atoms with Gasteiger partial charge in [-0.3, -0.25) is 14.9 Å². The Hall–Kier alpha value is -1.11. The first kappa shape index (κ1) is 9.89. The van der Waals surface area contributed by atoms with E-state index in [-0.39, 0.29) is 0 Å². The van der Waals surface area contributed by atoms with Crippen molar-refractivity contribution in [1.82, 2.24) is 5.32 Å². The van der Waals surface area contributed by atoms with Gasteiger partial charge in [0, 0.05) is 0 Å². The van der Waals surface area contributed by atoms with Gasteiger partial charge in [0.25, 0.3) is 5.91 Å². The molecule has 64 valence electrons. The van der Waals surface area contributed by atoms with Crippen LogP contribution in [-0.2, 0) is 9.59 Å². The molecule has 0 unspecified atom stereocenters. The molecule has 0 spiro atoms. The number of alkyl halides is 3. The van der Waals surface area contributed by atoms with Crippen LogP contribution in [0.1, 0.15) is 0 Å². The molecule has 0 saturated heterocycles. The average molecular weight is 171 g/mol. The van der Waals surface area contributed by atoms with E-state index in [9.17, 15) is 22.8 Å². The van der Waals surface area contributed by atoms with Crippen LogP contribution >= 0.6 is 0 Å². The fourth-order valence-corrected chi connectivity index (χ4v) is 0.237. The summed E-state index contributed by atoms with van der Waals surface area (Å²) < 4.78 is 33.9. The van der Waals surface area contributed by atoms with E-state index in [1.54, 1.807) is 0 Å². The molecule has 0 rings (SSSR count). The van der Waals surface area contributed by atoms with Gasteiger partial charge in [-0.25, -0.2) is 0 Å². The maximum atomic E-state index is 11.3. The second kappa shape index (κ2) is 3.33. The fourth-order valence-electron chi connectivity index (χ4n) is 0.237. The van der Waals surface area contributed by atoms with E-state index in [4.69, 9.17) is 5.11 Å². The van der Waals surface area contributed by atoms with E-state index in [0.29, 0.717) is 0 Å². The molecule has 0 radical (unpaired) electrons. The lowest BCUT2D eigenvalue weighted by molar-refractivity contribution is -0.175. The van der Waals surface area contributed by atoms with Crippen LogP contribution in [0.5, 0.6) is 0 Å². The van der Waals surface area contributed by atoms with Gasteiger partial charge in [-0.15, -0.1) is 0 Å². The second-order valence-electron chi connectivity index (χ2n) is 1.53. The van der Waals surface area contributed by atoms with Crippen LogP contribution in [-0.4, -0.2) is 29.7 Å². The van der Waals surface area contributed by atoms with Gasteiger partial charge in [0.15, 0.2) is 0 Å². The van der Waals surface area contributed by atoms with Crippen LogP contribution in [0.4, 0.5) is 13.2 Å². The Labute approximate surface area is 59.0 Å². The van der Waals surface area contributed by atoms with E-state index >= 15 is 0 Å². The third-order valence-corrected chi connectivity index (χ3v) is 0.654. The van der Waals surface area contributed by atoms with Gasteiger partial charge in [-0.1, -0.05) is 0 Å². The van der Waals surface area contributed by atoms with Gasteiger partial charge < -0.3 is 5.11 Å². The van der Waals surface area contributed by atoms with Crippen molar-refractivity contribution in [3.05, 3.63) is 0 Å². The Bertz CT molecular complexity index is 176. The monoisotopic (exact) mass is 171 g/mol. The molecule has 0 aromatic rings. The summed E-state index contributed by atoms with van der Waals surface area (Å²) in [7, 11) is 0. The van der Waals surface area contributed by atoms with E-state index < -0.39 is 24.6 Å². The minimum atomic E-state index is -5.09. The van der Waals surface area contributed by atoms with Crippen LogP contribution in [0, 0.1) is 0 Å². The largest absolute Gasteiger partial charge is 0.471 e. The first-order valence-electron chi connectivity index (χ1n) is 2.39. The summed E-state index contributed by atoms with van der Waals surface area (Å²) in [6, 6.07) is 0. The standard InChI is InChI=1S/C4H4F3NO3/c5-4(6,7)3(11)8-2(10)1-9/h9H,1H2,(H,8,10,11). The molecule has 0 heterocycles. The van der Waals surface area contributed by atoms with Crippen molar-refractivity contribution in [2.45, 2.75) is 6.18 Å². The number of nitrogens with one attached hydrogen (secondary N) is 1. The fraction of sp³-hybridized carbons (Fsp3) is 0.500. The molecule has 2 N–H and O–H groups in total. The molecule has 0 aliphatic rings. The van der Waals surface area contributed by atoms with Gasteiger partial charge in [-0.2, -0.15) is 13.2 Å². The molecule has 0 fully saturated rings. The zero-order valence-electron chi connectivity index (χ0n) is 5.10. The van der Waals surface area contributed by atoms with Crippen molar-refractivity contribution >= 4 is 11.8 Å². The van der Waals surface area contributed by atoms with E-state index in [2.05, 4.69) is 0 Å². The minimum Gasteiger partial charge on any atom is -0.387 e. The zero-order chi connectivity index (χ0) is 9.07. The smallest absolute Gasteiger partial charge is 0.387 e. The highest BCUT2D eigenvalue weighted by Crippen LogP contribution is 2.13. The minimum absolute atomic E-state index is 0.917. The second-order valence-corrected chi connectivity index (χ2v) is 1.53. The van der Waals surface area contributed by atoms with Crippen molar-refractivity contribution in [1.29, 1.82) is 0 Å². The summed E-state index contributed by atoms with van der Waals surface area (Å²) in [6.07, 6.45) is -5.09. The number of aliphatic hydroxyl groups is 1. The van der Waals surface area contributed by atoms with Crippen LogP contribution in [0.3, 0.4) is 0 Å². The molecular formula is C4H4F3NO3. The third-order valence-electron chi connectivity index (χ3n) is 0.654. The summed E-state index contributed by atoms with van der Waals surface area (Å²) in [5, 5.41) is 8.83. The number of carbonyl (C=O) groups excluding carboxylic acids is 2. The van der Waals surface area contributed by atoms with Crippen molar-refractivity contribution in [2.24, 2.45) is 0 Å². The number of hydrogen-bond acceptors (Lipinski definition) is 3. The molecule has 0 saturated carbocycles. The molecule has 0 aromatic heterocycles.